The third-order valence-electron chi connectivity index (χ3n) is 2.56. The highest BCUT2D eigenvalue weighted by atomic mass is 35.5. The van der Waals surface area contributed by atoms with Gasteiger partial charge in [-0.25, -0.2) is 4.68 Å². The molecule has 98 valence electrons. The molecule has 3 nitrogen and oxygen atoms in total. The largest absolute Gasteiger partial charge is 0.416 e. The van der Waals surface area contributed by atoms with Gasteiger partial charge in [0.05, 0.1) is 16.9 Å². The van der Waals surface area contributed by atoms with Gasteiger partial charge in [0, 0.05) is 0 Å². The minimum Gasteiger partial charge on any atom is -0.221 e. The van der Waals surface area contributed by atoms with Gasteiger partial charge in [0.2, 0.25) is 0 Å². The molecule has 0 saturated carbocycles. The van der Waals surface area contributed by atoms with E-state index in [0.717, 1.165) is 12.1 Å². The van der Waals surface area contributed by atoms with E-state index < -0.39 is 11.7 Å². The molecule has 0 atom stereocenters. The summed E-state index contributed by atoms with van der Waals surface area (Å²) in [6.45, 7) is 1.60. The topological polar surface area (TPSA) is 41.6 Å². The standard InChI is InChI=1S/C12H7ClF3N3/c1-7-10(6-17)11(13)19(18-7)9-4-2-8(3-5-9)12(14,15)16/h2-5H,1H3. The zero-order valence-electron chi connectivity index (χ0n) is 9.66. The van der Waals surface area contributed by atoms with E-state index in [1.807, 2.05) is 6.07 Å². The smallest absolute Gasteiger partial charge is 0.221 e. The van der Waals surface area contributed by atoms with Gasteiger partial charge < -0.3 is 0 Å². The Kier molecular flexibility index (Phi) is 3.25. The van der Waals surface area contributed by atoms with E-state index in [1.54, 1.807) is 6.92 Å². The maximum absolute atomic E-state index is 12.4. The molecule has 1 aromatic carbocycles. The molecule has 0 fully saturated rings. The fourth-order valence-corrected chi connectivity index (χ4v) is 1.90. The second-order valence-corrected chi connectivity index (χ2v) is 4.18. The summed E-state index contributed by atoms with van der Waals surface area (Å²) >= 11 is 5.95. The molecule has 0 aliphatic rings. The first-order chi connectivity index (χ1) is 8.84. The van der Waals surface area contributed by atoms with E-state index >= 15 is 0 Å². The second kappa shape index (κ2) is 4.59. The van der Waals surface area contributed by atoms with Gasteiger partial charge in [0.15, 0.2) is 5.15 Å². The third kappa shape index (κ3) is 2.42. The van der Waals surface area contributed by atoms with E-state index in [2.05, 4.69) is 5.10 Å². The van der Waals surface area contributed by atoms with Gasteiger partial charge in [-0.3, -0.25) is 0 Å². The Bertz CT molecular complexity index is 651. The molecule has 1 aromatic heterocycles. The maximum atomic E-state index is 12.4. The van der Waals surface area contributed by atoms with Crippen LogP contribution in [0, 0.1) is 18.3 Å². The molecule has 1 heterocycles. The summed E-state index contributed by atoms with van der Waals surface area (Å²) in [6, 6.07) is 6.28. The summed E-state index contributed by atoms with van der Waals surface area (Å²) in [5.74, 6) is 0. The van der Waals surface area contributed by atoms with Gasteiger partial charge in [-0.1, -0.05) is 11.6 Å². The number of halogens is 4. The van der Waals surface area contributed by atoms with Gasteiger partial charge in [-0.05, 0) is 31.2 Å². The maximum Gasteiger partial charge on any atom is 0.416 e. The van der Waals surface area contributed by atoms with Crippen LogP contribution in [0.5, 0.6) is 0 Å². The lowest BCUT2D eigenvalue weighted by molar-refractivity contribution is -0.137. The van der Waals surface area contributed by atoms with Crippen molar-refractivity contribution in [3.05, 3.63) is 46.2 Å². The summed E-state index contributed by atoms with van der Waals surface area (Å²) in [5.41, 5.74) is 0.244. The van der Waals surface area contributed by atoms with Crippen molar-refractivity contribution in [2.24, 2.45) is 0 Å². The summed E-state index contributed by atoms with van der Waals surface area (Å²) in [6.07, 6.45) is -4.39. The second-order valence-electron chi connectivity index (χ2n) is 3.82. The molecule has 2 aromatic rings. The van der Waals surface area contributed by atoms with Crippen LogP contribution < -0.4 is 0 Å². The Morgan fingerprint density at radius 3 is 2.26 bits per heavy atom. The number of alkyl halides is 3. The number of nitrogens with zero attached hydrogens (tertiary/aromatic N) is 3. The highest BCUT2D eigenvalue weighted by Gasteiger charge is 2.30. The molecule has 7 heteroatoms. The van der Waals surface area contributed by atoms with Crippen LogP contribution in [0.2, 0.25) is 5.15 Å². The normalized spacial score (nSPS) is 11.4. The Morgan fingerprint density at radius 2 is 1.84 bits per heavy atom. The van der Waals surface area contributed by atoms with Crippen molar-refractivity contribution in [1.82, 2.24) is 9.78 Å². The van der Waals surface area contributed by atoms with E-state index in [0.29, 0.717) is 11.4 Å². The molecular formula is C12H7ClF3N3. The van der Waals surface area contributed by atoms with E-state index in [4.69, 9.17) is 16.9 Å². The number of aromatic nitrogens is 2. The molecule has 0 spiro atoms. The summed E-state index contributed by atoms with van der Waals surface area (Å²) in [7, 11) is 0. The molecule has 0 N–H and O–H groups in total. The summed E-state index contributed by atoms with van der Waals surface area (Å²) in [5, 5.41) is 13.0. The van der Waals surface area contributed by atoms with E-state index in [-0.39, 0.29) is 10.7 Å². The Morgan fingerprint density at radius 1 is 1.26 bits per heavy atom. The fraction of sp³-hybridized carbons (Fsp3) is 0.167. The van der Waals surface area contributed by atoms with Crippen LogP contribution in [0.1, 0.15) is 16.8 Å². The van der Waals surface area contributed by atoms with Crippen LogP contribution in [0.3, 0.4) is 0 Å². The lowest BCUT2D eigenvalue weighted by Gasteiger charge is -2.08. The number of aryl methyl sites for hydroxylation is 1. The van der Waals surface area contributed by atoms with Crippen molar-refractivity contribution in [3.8, 4) is 11.8 Å². The Labute approximate surface area is 111 Å². The average molecular weight is 286 g/mol. The predicted molar refractivity (Wildman–Crippen MR) is 63.0 cm³/mol. The van der Waals surface area contributed by atoms with Crippen LogP contribution in [-0.4, -0.2) is 9.78 Å². The van der Waals surface area contributed by atoms with Crippen LogP contribution in [0.15, 0.2) is 24.3 Å². The third-order valence-corrected chi connectivity index (χ3v) is 2.90. The van der Waals surface area contributed by atoms with Crippen molar-refractivity contribution in [1.29, 1.82) is 5.26 Å². The zero-order chi connectivity index (χ0) is 14.2. The van der Waals surface area contributed by atoms with Gasteiger partial charge in [-0.15, -0.1) is 0 Å². The lowest BCUT2D eigenvalue weighted by atomic mass is 10.2. The molecule has 0 amide bonds. The number of nitriles is 1. The van der Waals surface area contributed by atoms with Crippen LogP contribution >= 0.6 is 11.6 Å². The van der Waals surface area contributed by atoms with Gasteiger partial charge in [-0.2, -0.15) is 23.5 Å². The number of hydrogen-bond donors (Lipinski definition) is 0. The Balaban J connectivity index is 2.47. The zero-order valence-corrected chi connectivity index (χ0v) is 10.4. The van der Waals surface area contributed by atoms with Gasteiger partial charge in [0.1, 0.15) is 11.6 Å². The molecule has 0 saturated heterocycles. The van der Waals surface area contributed by atoms with Crippen molar-refractivity contribution in [2.45, 2.75) is 13.1 Å². The first kappa shape index (κ1) is 13.4. The van der Waals surface area contributed by atoms with Gasteiger partial charge in [0.25, 0.3) is 0 Å². The average Bonchev–Trinajstić information content (AvgIpc) is 2.63. The highest BCUT2D eigenvalue weighted by Crippen LogP contribution is 2.30. The quantitative estimate of drug-likeness (QED) is 0.801. The number of benzene rings is 1. The first-order valence-electron chi connectivity index (χ1n) is 5.17. The lowest BCUT2D eigenvalue weighted by Crippen LogP contribution is -2.05. The molecule has 0 aliphatic carbocycles. The van der Waals surface area contributed by atoms with Gasteiger partial charge >= 0.3 is 6.18 Å². The molecule has 0 bridgehead atoms. The number of rotatable bonds is 1. The van der Waals surface area contributed by atoms with Crippen LogP contribution in [0.4, 0.5) is 13.2 Å². The molecule has 2 rings (SSSR count). The van der Waals surface area contributed by atoms with E-state index in [1.165, 1.54) is 16.8 Å². The predicted octanol–water partition coefficient (Wildman–Crippen LogP) is 3.72. The van der Waals surface area contributed by atoms with Crippen molar-refractivity contribution in [2.75, 3.05) is 0 Å². The minimum absolute atomic E-state index is 0.0831. The first-order valence-corrected chi connectivity index (χ1v) is 5.55. The van der Waals surface area contributed by atoms with Crippen LogP contribution in [-0.2, 0) is 6.18 Å². The van der Waals surface area contributed by atoms with E-state index in [9.17, 15) is 13.2 Å². The minimum atomic E-state index is -4.39. The fourth-order valence-electron chi connectivity index (χ4n) is 1.59. The number of hydrogen-bond acceptors (Lipinski definition) is 2. The van der Waals surface area contributed by atoms with Crippen LogP contribution in [0.25, 0.3) is 5.69 Å². The highest BCUT2D eigenvalue weighted by molar-refractivity contribution is 6.31. The molecule has 0 radical (unpaired) electrons. The Hall–Kier alpha value is -2.00. The van der Waals surface area contributed by atoms with Crippen molar-refractivity contribution < 1.29 is 13.2 Å². The van der Waals surface area contributed by atoms with Crippen molar-refractivity contribution >= 4 is 11.6 Å². The monoisotopic (exact) mass is 285 g/mol. The molecule has 19 heavy (non-hydrogen) atoms. The SMILES string of the molecule is Cc1nn(-c2ccc(C(F)(F)F)cc2)c(Cl)c1C#N. The van der Waals surface area contributed by atoms with Crippen molar-refractivity contribution in [3.63, 3.8) is 0 Å². The molecular weight excluding hydrogens is 279 g/mol. The molecule has 0 unspecified atom stereocenters. The molecule has 0 aliphatic heterocycles. The summed E-state index contributed by atoms with van der Waals surface area (Å²) < 4.78 is 38.5. The summed E-state index contributed by atoms with van der Waals surface area (Å²) in [4.78, 5) is 0.